The molecule has 1 rings (SSSR count). The van der Waals surface area contributed by atoms with Crippen molar-refractivity contribution in [2.24, 2.45) is 0 Å². The van der Waals surface area contributed by atoms with E-state index in [-0.39, 0.29) is 0 Å². The summed E-state index contributed by atoms with van der Waals surface area (Å²) in [5.74, 6) is 0. The molecule has 1 unspecified atom stereocenters. The van der Waals surface area contributed by atoms with Crippen molar-refractivity contribution < 1.29 is 4.79 Å². The first-order valence-corrected chi connectivity index (χ1v) is 4.00. The highest BCUT2D eigenvalue weighted by molar-refractivity contribution is 5.47. The number of nitrogens with one attached hydrogen (secondary N) is 1. The van der Waals surface area contributed by atoms with Crippen LogP contribution in [0.3, 0.4) is 0 Å². The zero-order valence-electron chi connectivity index (χ0n) is 7.10. The van der Waals surface area contributed by atoms with Gasteiger partial charge < -0.3 is 5.32 Å². The van der Waals surface area contributed by atoms with E-state index >= 15 is 0 Å². The molecule has 0 spiro atoms. The van der Waals surface area contributed by atoms with Gasteiger partial charge >= 0.3 is 0 Å². The Morgan fingerprint density at radius 1 is 1.46 bits per heavy atom. The average molecular weight is 174 g/mol. The van der Waals surface area contributed by atoms with E-state index in [0.717, 1.165) is 5.56 Å². The van der Waals surface area contributed by atoms with E-state index in [1.807, 2.05) is 36.4 Å². The first-order valence-electron chi connectivity index (χ1n) is 4.00. The SMILES string of the molecule is N#CC(Cc1ccccc1)NC=O. The molecule has 66 valence electrons. The zero-order valence-corrected chi connectivity index (χ0v) is 7.10. The van der Waals surface area contributed by atoms with Crippen LogP contribution < -0.4 is 5.32 Å². The molecule has 0 aliphatic heterocycles. The molecule has 3 nitrogen and oxygen atoms in total. The molecule has 0 aromatic heterocycles. The number of rotatable bonds is 4. The van der Waals surface area contributed by atoms with Crippen molar-refractivity contribution in [1.29, 1.82) is 5.26 Å². The van der Waals surface area contributed by atoms with E-state index in [0.29, 0.717) is 12.8 Å². The third-order valence-electron chi connectivity index (χ3n) is 1.71. The van der Waals surface area contributed by atoms with Gasteiger partial charge in [0.15, 0.2) is 0 Å². The number of amides is 1. The van der Waals surface area contributed by atoms with Crippen LogP contribution in [0.15, 0.2) is 30.3 Å². The van der Waals surface area contributed by atoms with Crippen LogP contribution in [-0.4, -0.2) is 12.5 Å². The molecule has 0 bridgehead atoms. The Morgan fingerprint density at radius 2 is 2.15 bits per heavy atom. The second-order valence-corrected chi connectivity index (χ2v) is 2.66. The van der Waals surface area contributed by atoms with Crippen LogP contribution in [0.5, 0.6) is 0 Å². The van der Waals surface area contributed by atoms with Gasteiger partial charge in [-0.15, -0.1) is 0 Å². The van der Waals surface area contributed by atoms with Crippen molar-refractivity contribution in [2.75, 3.05) is 0 Å². The molecule has 1 amide bonds. The van der Waals surface area contributed by atoms with E-state index in [1.54, 1.807) is 0 Å². The lowest BCUT2D eigenvalue weighted by Gasteiger charge is -2.06. The molecule has 0 heterocycles. The monoisotopic (exact) mass is 174 g/mol. The summed E-state index contributed by atoms with van der Waals surface area (Å²) in [7, 11) is 0. The summed E-state index contributed by atoms with van der Waals surface area (Å²) in [4.78, 5) is 10.1. The van der Waals surface area contributed by atoms with Gasteiger partial charge in [-0.3, -0.25) is 4.79 Å². The number of benzene rings is 1. The van der Waals surface area contributed by atoms with Gasteiger partial charge in [0, 0.05) is 6.42 Å². The summed E-state index contributed by atoms with van der Waals surface area (Å²) in [5, 5.41) is 11.1. The lowest BCUT2D eigenvalue weighted by atomic mass is 10.1. The highest BCUT2D eigenvalue weighted by Gasteiger charge is 2.05. The number of carbonyl (C=O) groups excluding carboxylic acids is 1. The average Bonchev–Trinajstić information content (AvgIpc) is 2.19. The van der Waals surface area contributed by atoms with Gasteiger partial charge in [0.1, 0.15) is 6.04 Å². The minimum Gasteiger partial charge on any atom is -0.343 e. The van der Waals surface area contributed by atoms with Crippen LogP contribution in [0.25, 0.3) is 0 Å². The van der Waals surface area contributed by atoms with E-state index < -0.39 is 6.04 Å². The smallest absolute Gasteiger partial charge is 0.208 e. The molecule has 0 fully saturated rings. The molecular formula is C10H10N2O. The summed E-state index contributed by atoms with van der Waals surface area (Å²) in [6, 6.07) is 11.2. The van der Waals surface area contributed by atoms with Crippen molar-refractivity contribution in [3.05, 3.63) is 35.9 Å². The number of carbonyl (C=O) groups is 1. The standard InChI is InChI=1S/C10H10N2O/c11-7-10(12-8-13)6-9-4-2-1-3-5-9/h1-5,8,10H,6H2,(H,12,13). The third-order valence-corrected chi connectivity index (χ3v) is 1.71. The molecule has 0 aliphatic rings. The molecular weight excluding hydrogens is 164 g/mol. The molecule has 13 heavy (non-hydrogen) atoms. The maximum Gasteiger partial charge on any atom is 0.208 e. The number of nitrogens with zero attached hydrogens (tertiary/aromatic N) is 1. The van der Waals surface area contributed by atoms with E-state index in [9.17, 15) is 4.79 Å². The minimum atomic E-state index is -0.431. The molecule has 3 heteroatoms. The largest absolute Gasteiger partial charge is 0.343 e. The van der Waals surface area contributed by atoms with Gasteiger partial charge in [-0.1, -0.05) is 30.3 Å². The van der Waals surface area contributed by atoms with Crippen molar-refractivity contribution in [1.82, 2.24) is 5.32 Å². The van der Waals surface area contributed by atoms with Gasteiger partial charge in [-0.25, -0.2) is 0 Å². The molecule has 0 saturated carbocycles. The van der Waals surface area contributed by atoms with E-state index in [4.69, 9.17) is 5.26 Å². The maximum atomic E-state index is 10.1. The Hall–Kier alpha value is -1.82. The van der Waals surface area contributed by atoms with Gasteiger partial charge in [-0.2, -0.15) is 5.26 Å². The van der Waals surface area contributed by atoms with Crippen molar-refractivity contribution in [2.45, 2.75) is 12.5 Å². The first-order chi connectivity index (χ1) is 6.36. The highest BCUT2D eigenvalue weighted by Crippen LogP contribution is 2.01. The normalized spacial score (nSPS) is 11.3. The summed E-state index contributed by atoms with van der Waals surface area (Å²) >= 11 is 0. The van der Waals surface area contributed by atoms with Crippen LogP contribution >= 0.6 is 0 Å². The summed E-state index contributed by atoms with van der Waals surface area (Å²) in [6.45, 7) is 0. The van der Waals surface area contributed by atoms with Crippen LogP contribution in [-0.2, 0) is 11.2 Å². The summed E-state index contributed by atoms with van der Waals surface area (Å²) in [6.07, 6.45) is 1.10. The second-order valence-electron chi connectivity index (χ2n) is 2.66. The van der Waals surface area contributed by atoms with Gasteiger partial charge in [0.2, 0.25) is 6.41 Å². The van der Waals surface area contributed by atoms with Crippen LogP contribution in [0.1, 0.15) is 5.56 Å². The minimum absolute atomic E-state index is 0.431. The quantitative estimate of drug-likeness (QED) is 0.688. The summed E-state index contributed by atoms with van der Waals surface area (Å²) < 4.78 is 0. The van der Waals surface area contributed by atoms with Gasteiger partial charge in [0.05, 0.1) is 6.07 Å². The Morgan fingerprint density at radius 3 is 2.69 bits per heavy atom. The van der Waals surface area contributed by atoms with Gasteiger partial charge in [0.25, 0.3) is 0 Å². The Kier molecular flexibility index (Phi) is 3.52. The number of hydrogen-bond donors (Lipinski definition) is 1. The van der Waals surface area contributed by atoms with E-state index in [2.05, 4.69) is 5.32 Å². The predicted molar refractivity (Wildman–Crippen MR) is 48.7 cm³/mol. The lowest BCUT2D eigenvalue weighted by Crippen LogP contribution is -2.28. The maximum absolute atomic E-state index is 10.1. The van der Waals surface area contributed by atoms with E-state index in [1.165, 1.54) is 0 Å². The molecule has 1 atom stereocenters. The summed E-state index contributed by atoms with van der Waals surface area (Å²) in [5.41, 5.74) is 1.04. The van der Waals surface area contributed by atoms with Crippen molar-refractivity contribution in [3.63, 3.8) is 0 Å². The van der Waals surface area contributed by atoms with Crippen LogP contribution in [0, 0.1) is 11.3 Å². The highest BCUT2D eigenvalue weighted by atomic mass is 16.1. The number of nitriles is 1. The zero-order chi connectivity index (χ0) is 9.52. The Balaban J connectivity index is 2.58. The molecule has 1 aromatic carbocycles. The first kappa shape index (κ1) is 9.27. The van der Waals surface area contributed by atoms with Crippen LogP contribution in [0.2, 0.25) is 0 Å². The number of hydrogen-bond acceptors (Lipinski definition) is 2. The van der Waals surface area contributed by atoms with Crippen molar-refractivity contribution >= 4 is 6.41 Å². The predicted octanol–water partition coefficient (Wildman–Crippen LogP) is 0.867. The molecule has 0 aliphatic carbocycles. The van der Waals surface area contributed by atoms with Gasteiger partial charge in [-0.05, 0) is 5.56 Å². The van der Waals surface area contributed by atoms with Crippen LogP contribution in [0.4, 0.5) is 0 Å². The molecule has 1 N–H and O–H groups in total. The van der Waals surface area contributed by atoms with Crippen molar-refractivity contribution in [3.8, 4) is 6.07 Å². The fourth-order valence-corrected chi connectivity index (χ4v) is 1.07. The lowest BCUT2D eigenvalue weighted by molar-refractivity contribution is -0.109. The fraction of sp³-hybridized carbons (Fsp3) is 0.200. The third kappa shape index (κ3) is 2.96. The topological polar surface area (TPSA) is 52.9 Å². The second kappa shape index (κ2) is 4.94. The molecule has 0 radical (unpaired) electrons. The molecule has 1 aromatic rings. The Labute approximate surface area is 77.0 Å². The Bertz CT molecular complexity index is 302. The molecule has 0 saturated heterocycles. The fourth-order valence-electron chi connectivity index (χ4n) is 1.07.